The van der Waals surface area contributed by atoms with E-state index < -0.39 is 0 Å². The molecule has 0 spiro atoms. The van der Waals surface area contributed by atoms with Crippen molar-refractivity contribution in [3.63, 3.8) is 0 Å². The molecule has 0 amide bonds. The first-order valence-electron chi connectivity index (χ1n) is 7.47. The predicted octanol–water partition coefficient (Wildman–Crippen LogP) is 6.24. The molecule has 0 saturated heterocycles. The van der Waals surface area contributed by atoms with Gasteiger partial charge in [-0.05, 0) is 55.3 Å². The highest BCUT2D eigenvalue weighted by atomic mass is 32.2. The zero-order valence-corrected chi connectivity index (χ0v) is 13.5. The topological polar surface area (TPSA) is 3.24 Å². The van der Waals surface area contributed by atoms with Crippen LogP contribution in [-0.2, 0) is 0 Å². The maximum absolute atomic E-state index is 2.37. The standard InChI is InChI=1S/C20H17NS/c1-14-11-12-17-19(13-14)22-20-15(2)7-6-10-18(20)21(17)16-8-4-3-5-9-16/h3-13H,1-2H3. The zero-order valence-electron chi connectivity index (χ0n) is 12.7. The Kier molecular flexibility index (Phi) is 3.20. The van der Waals surface area contributed by atoms with Gasteiger partial charge in [0.1, 0.15) is 0 Å². The molecule has 0 bridgehead atoms. The van der Waals surface area contributed by atoms with Gasteiger partial charge in [-0.2, -0.15) is 0 Å². The van der Waals surface area contributed by atoms with Crippen LogP contribution in [0.25, 0.3) is 0 Å². The fraction of sp³-hybridized carbons (Fsp3) is 0.100. The summed E-state index contributed by atoms with van der Waals surface area (Å²) in [4.78, 5) is 5.04. The van der Waals surface area contributed by atoms with E-state index in [1.165, 1.54) is 38.0 Å². The average Bonchev–Trinajstić information content (AvgIpc) is 2.54. The molecule has 4 rings (SSSR count). The van der Waals surface area contributed by atoms with Crippen LogP contribution in [0.2, 0.25) is 0 Å². The van der Waals surface area contributed by atoms with Crippen molar-refractivity contribution in [2.75, 3.05) is 4.90 Å². The number of rotatable bonds is 1. The van der Waals surface area contributed by atoms with Gasteiger partial charge in [0.2, 0.25) is 0 Å². The van der Waals surface area contributed by atoms with Crippen molar-refractivity contribution in [2.45, 2.75) is 23.6 Å². The van der Waals surface area contributed by atoms with Gasteiger partial charge in [0, 0.05) is 15.5 Å². The lowest BCUT2D eigenvalue weighted by molar-refractivity contribution is 1.13. The second-order valence-electron chi connectivity index (χ2n) is 5.67. The molecule has 0 aromatic heterocycles. The van der Waals surface area contributed by atoms with E-state index in [4.69, 9.17) is 0 Å². The van der Waals surface area contributed by atoms with Crippen LogP contribution < -0.4 is 4.90 Å². The first kappa shape index (κ1) is 13.5. The number of fused-ring (bicyclic) bond motifs is 2. The number of anilines is 3. The Morgan fingerprint density at radius 1 is 0.773 bits per heavy atom. The minimum Gasteiger partial charge on any atom is -0.308 e. The van der Waals surface area contributed by atoms with Crippen molar-refractivity contribution in [2.24, 2.45) is 0 Å². The fourth-order valence-electron chi connectivity index (χ4n) is 2.93. The third-order valence-electron chi connectivity index (χ3n) is 4.01. The van der Waals surface area contributed by atoms with Crippen LogP contribution in [0.5, 0.6) is 0 Å². The quantitative estimate of drug-likeness (QED) is 0.409. The molecule has 1 aliphatic rings. The van der Waals surface area contributed by atoms with E-state index >= 15 is 0 Å². The highest BCUT2D eigenvalue weighted by Crippen LogP contribution is 2.52. The van der Waals surface area contributed by atoms with Crippen LogP contribution >= 0.6 is 11.8 Å². The number of benzene rings is 3. The molecule has 22 heavy (non-hydrogen) atoms. The molecular formula is C20H17NS. The third-order valence-corrected chi connectivity index (χ3v) is 5.30. The lowest BCUT2D eigenvalue weighted by Gasteiger charge is -2.33. The Bertz CT molecular complexity index is 840. The first-order chi connectivity index (χ1) is 10.7. The predicted molar refractivity (Wildman–Crippen MR) is 94.7 cm³/mol. The van der Waals surface area contributed by atoms with Crippen LogP contribution in [-0.4, -0.2) is 0 Å². The average molecular weight is 303 g/mol. The largest absolute Gasteiger partial charge is 0.308 e. The Labute approximate surface area is 135 Å². The van der Waals surface area contributed by atoms with Crippen LogP contribution in [0.3, 0.4) is 0 Å². The van der Waals surface area contributed by atoms with Crippen LogP contribution in [0.15, 0.2) is 76.5 Å². The van der Waals surface area contributed by atoms with Crippen molar-refractivity contribution in [3.8, 4) is 0 Å². The Morgan fingerprint density at radius 2 is 1.59 bits per heavy atom. The summed E-state index contributed by atoms with van der Waals surface area (Å²) in [6.07, 6.45) is 0. The highest BCUT2D eigenvalue weighted by Gasteiger charge is 2.25. The van der Waals surface area contributed by atoms with E-state index in [2.05, 4.69) is 85.5 Å². The molecule has 1 aliphatic heterocycles. The lowest BCUT2D eigenvalue weighted by atomic mass is 10.1. The monoisotopic (exact) mass is 303 g/mol. The summed E-state index contributed by atoms with van der Waals surface area (Å²) in [6.45, 7) is 4.34. The molecule has 0 aliphatic carbocycles. The molecular weight excluding hydrogens is 286 g/mol. The molecule has 0 saturated carbocycles. The molecule has 0 unspecified atom stereocenters. The normalized spacial score (nSPS) is 12.7. The number of hydrogen-bond acceptors (Lipinski definition) is 2. The van der Waals surface area contributed by atoms with Gasteiger partial charge in [-0.25, -0.2) is 0 Å². The first-order valence-corrected chi connectivity index (χ1v) is 8.29. The Morgan fingerprint density at radius 3 is 2.41 bits per heavy atom. The molecule has 0 radical (unpaired) electrons. The Hall–Kier alpha value is -2.19. The van der Waals surface area contributed by atoms with Gasteiger partial charge >= 0.3 is 0 Å². The van der Waals surface area contributed by atoms with E-state index in [1.807, 2.05) is 11.8 Å². The molecule has 0 fully saturated rings. The number of nitrogens with zero attached hydrogens (tertiary/aromatic N) is 1. The second-order valence-corrected chi connectivity index (χ2v) is 6.72. The molecule has 0 atom stereocenters. The molecule has 3 aromatic rings. The van der Waals surface area contributed by atoms with E-state index in [1.54, 1.807) is 0 Å². The maximum atomic E-state index is 2.37. The van der Waals surface area contributed by atoms with Gasteiger partial charge in [0.15, 0.2) is 0 Å². The summed E-state index contributed by atoms with van der Waals surface area (Å²) in [7, 11) is 0. The summed E-state index contributed by atoms with van der Waals surface area (Å²) in [6, 6.07) is 23.9. The summed E-state index contributed by atoms with van der Waals surface area (Å²) >= 11 is 1.88. The summed E-state index contributed by atoms with van der Waals surface area (Å²) in [5.41, 5.74) is 6.37. The smallest absolute Gasteiger partial charge is 0.0604 e. The fourth-order valence-corrected chi connectivity index (χ4v) is 4.15. The molecule has 1 nitrogen and oxygen atoms in total. The van der Waals surface area contributed by atoms with Crippen LogP contribution in [0.1, 0.15) is 11.1 Å². The number of aryl methyl sites for hydroxylation is 2. The minimum atomic E-state index is 1.21. The summed E-state index contributed by atoms with van der Waals surface area (Å²) in [5, 5.41) is 0. The van der Waals surface area contributed by atoms with Crippen LogP contribution in [0, 0.1) is 13.8 Å². The minimum absolute atomic E-state index is 1.21. The Balaban J connectivity index is 2.00. The van der Waals surface area contributed by atoms with Crippen molar-refractivity contribution < 1.29 is 0 Å². The van der Waals surface area contributed by atoms with E-state index in [0.29, 0.717) is 0 Å². The van der Waals surface area contributed by atoms with Gasteiger partial charge < -0.3 is 4.90 Å². The van der Waals surface area contributed by atoms with Crippen molar-refractivity contribution >= 4 is 28.8 Å². The maximum Gasteiger partial charge on any atom is 0.0604 e. The number of para-hydroxylation sites is 1. The van der Waals surface area contributed by atoms with Gasteiger partial charge in [0.05, 0.1) is 11.4 Å². The molecule has 0 N–H and O–H groups in total. The van der Waals surface area contributed by atoms with E-state index in [0.717, 1.165) is 0 Å². The summed E-state index contributed by atoms with van der Waals surface area (Å²) in [5.74, 6) is 0. The van der Waals surface area contributed by atoms with E-state index in [9.17, 15) is 0 Å². The molecule has 2 heteroatoms. The zero-order chi connectivity index (χ0) is 15.1. The van der Waals surface area contributed by atoms with Crippen LogP contribution in [0.4, 0.5) is 17.1 Å². The van der Waals surface area contributed by atoms with Crippen molar-refractivity contribution in [3.05, 3.63) is 77.9 Å². The molecule has 108 valence electrons. The second kappa shape index (κ2) is 5.22. The molecule has 1 heterocycles. The van der Waals surface area contributed by atoms with Gasteiger partial charge in [0.25, 0.3) is 0 Å². The lowest BCUT2D eigenvalue weighted by Crippen LogP contribution is -2.15. The SMILES string of the molecule is Cc1ccc2c(c1)Sc1c(C)cccc1N2c1ccccc1. The third kappa shape index (κ3) is 2.11. The molecule has 3 aromatic carbocycles. The van der Waals surface area contributed by atoms with Gasteiger partial charge in [-0.1, -0.05) is 48.2 Å². The van der Waals surface area contributed by atoms with Gasteiger partial charge in [-0.15, -0.1) is 0 Å². The number of hydrogen-bond donors (Lipinski definition) is 0. The van der Waals surface area contributed by atoms with Crippen molar-refractivity contribution in [1.82, 2.24) is 0 Å². The highest BCUT2D eigenvalue weighted by molar-refractivity contribution is 7.99. The van der Waals surface area contributed by atoms with Crippen molar-refractivity contribution in [1.29, 1.82) is 0 Å². The summed E-state index contributed by atoms with van der Waals surface area (Å²) < 4.78 is 0. The van der Waals surface area contributed by atoms with Gasteiger partial charge in [-0.3, -0.25) is 0 Å². The van der Waals surface area contributed by atoms with E-state index in [-0.39, 0.29) is 0 Å².